The molecule has 0 aromatic heterocycles. The second-order valence-electron chi connectivity index (χ2n) is 6.93. The van der Waals surface area contributed by atoms with E-state index in [0.717, 1.165) is 29.3 Å². The number of carbonyl (C=O) groups is 2. The van der Waals surface area contributed by atoms with Crippen molar-refractivity contribution in [3.05, 3.63) is 59.2 Å². The van der Waals surface area contributed by atoms with Gasteiger partial charge in [-0.2, -0.15) is 13.2 Å². The highest BCUT2D eigenvalue weighted by Gasteiger charge is 2.48. The Morgan fingerprint density at radius 3 is 2.29 bits per heavy atom. The van der Waals surface area contributed by atoms with Crippen LogP contribution in [0.1, 0.15) is 30.0 Å². The number of para-hydroxylation sites is 2. The summed E-state index contributed by atoms with van der Waals surface area (Å²) in [5.74, 6) is -2.02. The van der Waals surface area contributed by atoms with Crippen LogP contribution in [0.15, 0.2) is 42.5 Å². The molecule has 2 aromatic carbocycles. The predicted octanol–water partition coefficient (Wildman–Crippen LogP) is 4.79. The van der Waals surface area contributed by atoms with Crippen LogP contribution in [0.4, 0.5) is 24.5 Å². The van der Waals surface area contributed by atoms with Gasteiger partial charge >= 0.3 is 6.18 Å². The average Bonchev–Trinajstić information content (AvgIpc) is 3.44. The Kier molecular flexibility index (Phi) is 5.45. The minimum Gasteiger partial charge on any atom is -0.325 e. The number of hydrogen-bond donors (Lipinski definition) is 2. The van der Waals surface area contributed by atoms with Gasteiger partial charge in [0.25, 0.3) is 0 Å². The lowest BCUT2D eigenvalue weighted by Gasteiger charge is -2.14. The molecule has 7 heteroatoms. The fourth-order valence-corrected chi connectivity index (χ4v) is 3.26. The van der Waals surface area contributed by atoms with E-state index in [-0.39, 0.29) is 11.6 Å². The second-order valence-corrected chi connectivity index (χ2v) is 6.93. The molecule has 2 N–H and O–H groups in total. The Hall–Kier alpha value is -2.83. The molecule has 2 atom stereocenters. The molecular weight excluding hydrogens is 369 g/mol. The lowest BCUT2D eigenvalue weighted by atomic mass is 10.1. The van der Waals surface area contributed by atoms with Gasteiger partial charge in [0.1, 0.15) is 0 Å². The van der Waals surface area contributed by atoms with Crippen molar-refractivity contribution in [2.45, 2.75) is 32.9 Å². The molecule has 1 aliphatic rings. The Morgan fingerprint density at radius 2 is 1.64 bits per heavy atom. The molecule has 0 saturated heterocycles. The predicted molar refractivity (Wildman–Crippen MR) is 101 cm³/mol. The van der Waals surface area contributed by atoms with E-state index in [1.54, 1.807) is 0 Å². The molecule has 0 spiro atoms. The SMILES string of the molecule is CCc1cccc(C)c1NC(=O)C1CC1C(=O)Nc1ccccc1C(F)(F)F. The van der Waals surface area contributed by atoms with Crippen LogP contribution < -0.4 is 10.6 Å². The Morgan fingerprint density at radius 1 is 1.00 bits per heavy atom. The molecule has 3 rings (SSSR count). The van der Waals surface area contributed by atoms with E-state index in [1.165, 1.54) is 18.2 Å². The third kappa shape index (κ3) is 4.18. The summed E-state index contributed by atoms with van der Waals surface area (Å²) in [5, 5.41) is 5.20. The van der Waals surface area contributed by atoms with E-state index < -0.39 is 29.5 Å². The van der Waals surface area contributed by atoms with Crippen molar-refractivity contribution in [3.63, 3.8) is 0 Å². The van der Waals surface area contributed by atoms with Crippen LogP contribution in [0.25, 0.3) is 0 Å². The first-order valence-electron chi connectivity index (χ1n) is 9.08. The van der Waals surface area contributed by atoms with Crippen molar-refractivity contribution in [1.29, 1.82) is 0 Å². The van der Waals surface area contributed by atoms with Gasteiger partial charge in [0.05, 0.1) is 23.1 Å². The fraction of sp³-hybridized carbons (Fsp3) is 0.333. The first kappa shape index (κ1) is 19.9. The number of aryl methyl sites for hydroxylation is 2. The van der Waals surface area contributed by atoms with Crippen molar-refractivity contribution in [3.8, 4) is 0 Å². The molecule has 1 aliphatic carbocycles. The molecule has 1 fully saturated rings. The standard InChI is InChI=1S/C21H21F3N2O2/c1-3-13-8-6-7-12(2)18(13)26-20(28)15-11-14(15)19(27)25-17-10-5-4-9-16(17)21(22,23)24/h4-10,14-15H,3,11H2,1-2H3,(H,25,27)(H,26,28). The maximum atomic E-state index is 13.1. The number of hydrogen-bond acceptors (Lipinski definition) is 2. The van der Waals surface area contributed by atoms with E-state index in [1.807, 2.05) is 32.0 Å². The van der Waals surface area contributed by atoms with Crippen molar-refractivity contribution in [1.82, 2.24) is 0 Å². The number of amides is 2. The van der Waals surface area contributed by atoms with Gasteiger partial charge in [0.15, 0.2) is 0 Å². The summed E-state index contributed by atoms with van der Waals surface area (Å²) in [6.07, 6.45) is -3.50. The summed E-state index contributed by atoms with van der Waals surface area (Å²) < 4.78 is 39.2. The number of alkyl halides is 3. The topological polar surface area (TPSA) is 58.2 Å². The smallest absolute Gasteiger partial charge is 0.325 e. The molecule has 0 bridgehead atoms. The average molecular weight is 390 g/mol. The highest BCUT2D eigenvalue weighted by Crippen LogP contribution is 2.42. The lowest BCUT2D eigenvalue weighted by molar-refractivity contribution is -0.137. The summed E-state index contributed by atoms with van der Waals surface area (Å²) in [7, 11) is 0. The monoisotopic (exact) mass is 390 g/mol. The number of carbonyl (C=O) groups excluding carboxylic acids is 2. The third-order valence-corrected chi connectivity index (χ3v) is 4.94. The van der Waals surface area contributed by atoms with Crippen molar-refractivity contribution < 1.29 is 22.8 Å². The zero-order valence-electron chi connectivity index (χ0n) is 15.6. The van der Waals surface area contributed by atoms with Gasteiger partial charge in [-0.25, -0.2) is 0 Å². The van der Waals surface area contributed by atoms with Crippen molar-refractivity contribution in [2.75, 3.05) is 10.6 Å². The first-order chi connectivity index (χ1) is 13.2. The van der Waals surface area contributed by atoms with Gasteiger partial charge in [-0.15, -0.1) is 0 Å². The molecule has 2 amide bonds. The first-order valence-corrected chi connectivity index (χ1v) is 9.08. The molecule has 0 heterocycles. The van der Waals surface area contributed by atoms with Crippen LogP contribution >= 0.6 is 0 Å². The van der Waals surface area contributed by atoms with E-state index in [2.05, 4.69) is 10.6 Å². The third-order valence-electron chi connectivity index (χ3n) is 4.94. The van der Waals surface area contributed by atoms with Crippen LogP contribution in [0.5, 0.6) is 0 Å². The Balaban J connectivity index is 1.66. The summed E-state index contributed by atoms with van der Waals surface area (Å²) in [6.45, 7) is 3.87. The number of benzene rings is 2. The summed E-state index contributed by atoms with van der Waals surface area (Å²) in [6, 6.07) is 10.5. The molecular formula is C21H21F3N2O2. The summed E-state index contributed by atoms with van der Waals surface area (Å²) in [5.41, 5.74) is 1.46. The number of rotatable bonds is 5. The van der Waals surface area contributed by atoms with Crippen molar-refractivity contribution in [2.24, 2.45) is 11.8 Å². The highest BCUT2D eigenvalue weighted by atomic mass is 19.4. The van der Waals surface area contributed by atoms with E-state index >= 15 is 0 Å². The van der Waals surface area contributed by atoms with Gasteiger partial charge in [0, 0.05) is 5.69 Å². The van der Waals surface area contributed by atoms with Gasteiger partial charge in [-0.3, -0.25) is 9.59 Å². The van der Waals surface area contributed by atoms with Crippen LogP contribution in [-0.4, -0.2) is 11.8 Å². The fourth-order valence-electron chi connectivity index (χ4n) is 3.26. The molecule has 4 nitrogen and oxygen atoms in total. The maximum Gasteiger partial charge on any atom is 0.418 e. The number of anilines is 2. The molecule has 0 aliphatic heterocycles. The summed E-state index contributed by atoms with van der Waals surface area (Å²) in [4.78, 5) is 24.9. The zero-order valence-corrected chi connectivity index (χ0v) is 15.6. The van der Waals surface area contributed by atoms with Gasteiger partial charge in [-0.1, -0.05) is 37.3 Å². The second kappa shape index (κ2) is 7.66. The minimum absolute atomic E-state index is 0.284. The number of nitrogens with one attached hydrogen (secondary N) is 2. The normalized spacial score (nSPS) is 18.5. The van der Waals surface area contributed by atoms with E-state index in [4.69, 9.17) is 0 Å². The Labute approximate surface area is 161 Å². The Bertz CT molecular complexity index is 909. The minimum atomic E-state index is -4.56. The lowest BCUT2D eigenvalue weighted by Crippen LogP contribution is -2.22. The molecule has 2 unspecified atom stereocenters. The van der Waals surface area contributed by atoms with E-state index in [9.17, 15) is 22.8 Å². The molecule has 0 radical (unpaired) electrons. The van der Waals surface area contributed by atoms with Gasteiger partial charge in [0.2, 0.25) is 11.8 Å². The van der Waals surface area contributed by atoms with Crippen LogP contribution in [-0.2, 0) is 22.2 Å². The van der Waals surface area contributed by atoms with Crippen LogP contribution in [0, 0.1) is 18.8 Å². The quantitative estimate of drug-likeness (QED) is 0.771. The molecule has 2 aromatic rings. The van der Waals surface area contributed by atoms with Gasteiger partial charge < -0.3 is 10.6 Å². The molecule has 28 heavy (non-hydrogen) atoms. The van der Waals surface area contributed by atoms with E-state index in [0.29, 0.717) is 6.42 Å². The summed E-state index contributed by atoms with van der Waals surface area (Å²) >= 11 is 0. The highest BCUT2D eigenvalue weighted by molar-refractivity contribution is 6.04. The maximum absolute atomic E-state index is 13.1. The largest absolute Gasteiger partial charge is 0.418 e. The van der Waals surface area contributed by atoms with Gasteiger partial charge in [-0.05, 0) is 43.0 Å². The van der Waals surface area contributed by atoms with Crippen LogP contribution in [0.2, 0.25) is 0 Å². The van der Waals surface area contributed by atoms with Crippen molar-refractivity contribution >= 4 is 23.2 Å². The number of halogens is 3. The molecule has 1 saturated carbocycles. The zero-order chi connectivity index (χ0) is 20.5. The molecule has 148 valence electrons. The van der Waals surface area contributed by atoms with Crippen LogP contribution in [0.3, 0.4) is 0 Å².